The molecule has 0 atom stereocenters. The molecule has 1 aromatic carbocycles. The molecular weight excluding hydrogens is 186 g/mol. The van der Waals surface area contributed by atoms with Crippen LogP contribution in [0.5, 0.6) is 0 Å². The van der Waals surface area contributed by atoms with Gasteiger partial charge in [-0.2, -0.15) is 0 Å². The number of rotatable bonds is 5. The Morgan fingerprint density at radius 2 is 2.29 bits per heavy atom. The second kappa shape index (κ2) is 5.08. The second-order valence-corrected chi connectivity index (χ2v) is 2.61. The average Bonchev–Trinajstić information content (AvgIpc) is 2.19. The lowest BCUT2D eigenvalue weighted by atomic mass is 10.2. The molecule has 14 heavy (non-hydrogen) atoms. The highest BCUT2D eigenvalue weighted by Gasteiger charge is 2.04. The minimum absolute atomic E-state index is 0.00267. The SMILES string of the molecule is O=CCOCc1cccc([N+](=O)[O-])c1. The molecule has 5 heteroatoms. The third kappa shape index (κ3) is 2.95. The molecule has 0 bridgehead atoms. The lowest BCUT2D eigenvalue weighted by Gasteiger charge is -1.99. The normalized spacial score (nSPS) is 9.71. The number of ether oxygens (including phenoxy) is 1. The van der Waals surface area contributed by atoms with Gasteiger partial charge in [0.15, 0.2) is 0 Å². The number of carbonyl (C=O) groups excluding carboxylic acids is 1. The van der Waals surface area contributed by atoms with Crippen molar-refractivity contribution in [2.24, 2.45) is 0 Å². The summed E-state index contributed by atoms with van der Waals surface area (Å²) in [5.41, 5.74) is 0.707. The lowest BCUT2D eigenvalue weighted by molar-refractivity contribution is -0.384. The Balaban J connectivity index is 2.63. The Labute approximate surface area is 80.5 Å². The van der Waals surface area contributed by atoms with Crippen LogP contribution in [0.15, 0.2) is 24.3 Å². The number of non-ortho nitro benzene ring substituents is 1. The van der Waals surface area contributed by atoms with Crippen molar-refractivity contribution in [3.63, 3.8) is 0 Å². The van der Waals surface area contributed by atoms with E-state index in [1.54, 1.807) is 12.1 Å². The van der Waals surface area contributed by atoms with Gasteiger partial charge in [0.05, 0.1) is 11.5 Å². The smallest absolute Gasteiger partial charge is 0.269 e. The summed E-state index contributed by atoms with van der Waals surface area (Å²) in [6.45, 7) is 0.211. The molecule has 0 unspecified atom stereocenters. The van der Waals surface area contributed by atoms with Gasteiger partial charge in [0.25, 0.3) is 5.69 Å². The standard InChI is InChI=1S/C9H9NO4/c11-4-5-14-7-8-2-1-3-9(6-8)10(12)13/h1-4,6H,5,7H2. The molecule has 0 fully saturated rings. The maximum atomic E-state index is 10.4. The Morgan fingerprint density at radius 3 is 2.93 bits per heavy atom. The van der Waals surface area contributed by atoms with Crippen molar-refractivity contribution in [2.45, 2.75) is 6.61 Å². The van der Waals surface area contributed by atoms with Crippen molar-refractivity contribution in [1.82, 2.24) is 0 Å². The van der Waals surface area contributed by atoms with E-state index in [2.05, 4.69) is 0 Å². The fourth-order valence-corrected chi connectivity index (χ4v) is 0.985. The molecule has 0 N–H and O–H groups in total. The van der Waals surface area contributed by atoms with E-state index in [1.165, 1.54) is 12.1 Å². The Morgan fingerprint density at radius 1 is 1.50 bits per heavy atom. The summed E-state index contributed by atoms with van der Waals surface area (Å²) in [6, 6.07) is 6.11. The number of carbonyl (C=O) groups is 1. The number of aldehydes is 1. The van der Waals surface area contributed by atoms with Crippen LogP contribution in [0.3, 0.4) is 0 Å². The van der Waals surface area contributed by atoms with Crippen molar-refractivity contribution in [1.29, 1.82) is 0 Å². The first-order valence-corrected chi connectivity index (χ1v) is 3.98. The van der Waals surface area contributed by atoms with Crippen molar-refractivity contribution in [2.75, 3.05) is 6.61 Å². The third-order valence-corrected chi connectivity index (χ3v) is 1.58. The maximum absolute atomic E-state index is 10.4. The fourth-order valence-electron chi connectivity index (χ4n) is 0.985. The monoisotopic (exact) mass is 195 g/mol. The average molecular weight is 195 g/mol. The third-order valence-electron chi connectivity index (χ3n) is 1.58. The zero-order valence-electron chi connectivity index (χ0n) is 7.38. The molecule has 0 aromatic heterocycles. The van der Waals surface area contributed by atoms with Crippen LogP contribution in [0.25, 0.3) is 0 Å². The number of nitrogens with zero attached hydrogens (tertiary/aromatic N) is 1. The van der Waals surface area contributed by atoms with E-state index in [-0.39, 0.29) is 18.9 Å². The van der Waals surface area contributed by atoms with Crippen LogP contribution in [-0.4, -0.2) is 17.8 Å². The van der Waals surface area contributed by atoms with Crippen LogP contribution in [0, 0.1) is 10.1 Å². The van der Waals surface area contributed by atoms with E-state index < -0.39 is 4.92 Å². The Hall–Kier alpha value is -1.75. The summed E-state index contributed by atoms with van der Waals surface area (Å²) in [5.74, 6) is 0. The first-order valence-electron chi connectivity index (χ1n) is 3.98. The van der Waals surface area contributed by atoms with Crippen LogP contribution in [-0.2, 0) is 16.1 Å². The molecule has 1 rings (SSSR count). The number of nitro benzene ring substituents is 1. The molecule has 0 aliphatic carbocycles. The van der Waals surface area contributed by atoms with Gasteiger partial charge in [0.1, 0.15) is 12.9 Å². The predicted molar refractivity (Wildman–Crippen MR) is 48.8 cm³/mol. The zero-order valence-corrected chi connectivity index (χ0v) is 7.38. The molecule has 0 heterocycles. The summed E-state index contributed by atoms with van der Waals surface area (Å²) >= 11 is 0. The molecule has 5 nitrogen and oxygen atoms in total. The van der Waals surface area contributed by atoms with Gasteiger partial charge in [-0.05, 0) is 5.56 Å². The van der Waals surface area contributed by atoms with E-state index in [0.29, 0.717) is 11.8 Å². The summed E-state index contributed by atoms with van der Waals surface area (Å²) in [6.07, 6.45) is 0.636. The topological polar surface area (TPSA) is 69.4 Å². The molecule has 0 saturated heterocycles. The predicted octanol–water partition coefficient (Wildman–Crippen LogP) is 1.31. The molecule has 0 aliphatic rings. The fraction of sp³-hybridized carbons (Fsp3) is 0.222. The number of hydrogen-bond acceptors (Lipinski definition) is 4. The van der Waals surface area contributed by atoms with E-state index >= 15 is 0 Å². The van der Waals surface area contributed by atoms with Crippen molar-refractivity contribution < 1.29 is 14.5 Å². The van der Waals surface area contributed by atoms with Crippen LogP contribution in [0.2, 0.25) is 0 Å². The van der Waals surface area contributed by atoms with E-state index in [9.17, 15) is 14.9 Å². The molecule has 0 saturated carbocycles. The first kappa shape index (κ1) is 10.3. The van der Waals surface area contributed by atoms with E-state index in [4.69, 9.17) is 4.74 Å². The van der Waals surface area contributed by atoms with Crippen LogP contribution < -0.4 is 0 Å². The van der Waals surface area contributed by atoms with Gasteiger partial charge in [-0.3, -0.25) is 10.1 Å². The number of nitro groups is 1. The Bertz CT molecular complexity index is 337. The van der Waals surface area contributed by atoms with Gasteiger partial charge in [0, 0.05) is 12.1 Å². The minimum atomic E-state index is -0.469. The van der Waals surface area contributed by atoms with Gasteiger partial charge in [-0.15, -0.1) is 0 Å². The summed E-state index contributed by atoms with van der Waals surface area (Å²) < 4.78 is 4.91. The number of benzene rings is 1. The zero-order chi connectivity index (χ0) is 10.4. The number of hydrogen-bond donors (Lipinski definition) is 0. The van der Waals surface area contributed by atoms with E-state index in [1.807, 2.05) is 0 Å². The molecule has 1 aromatic rings. The van der Waals surface area contributed by atoms with Crippen LogP contribution in [0.4, 0.5) is 5.69 Å². The van der Waals surface area contributed by atoms with Gasteiger partial charge >= 0.3 is 0 Å². The van der Waals surface area contributed by atoms with Gasteiger partial charge in [0.2, 0.25) is 0 Å². The van der Waals surface area contributed by atoms with Crippen LogP contribution >= 0.6 is 0 Å². The molecule has 0 amide bonds. The van der Waals surface area contributed by atoms with Gasteiger partial charge in [-0.25, -0.2) is 0 Å². The first-order chi connectivity index (χ1) is 6.74. The summed E-state index contributed by atoms with van der Waals surface area (Å²) in [4.78, 5) is 19.9. The molecule has 74 valence electrons. The highest BCUT2D eigenvalue weighted by molar-refractivity contribution is 5.50. The lowest BCUT2D eigenvalue weighted by Crippen LogP contribution is -1.96. The van der Waals surface area contributed by atoms with Gasteiger partial charge in [-0.1, -0.05) is 12.1 Å². The highest BCUT2D eigenvalue weighted by Crippen LogP contribution is 2.13. The summed E-state index contributed by atoms with van der Waals surface area (Å²) in [7, 11) is 0. The second-order valence-electron chi connectivity index (χ2n) is 2.61. The van der Waals surface area contributed by atoms with Crippen molar-refractivity contribution in [3.8, 4) is 0 Å². The quantitative estimate of drug-likeness (QED) is 0.307. The van der Waals surface area contributed by atoms with Crippen LogP contribution in [0.1, 0.15) is 5.56 Å². The molecule has 0 spiro atoms. The Kier molecular flexibility index (Phi) is 3.75. The van der Waals surface area contributed by atoms with Crippen molar-refractivity contribution in [3.05, 3.63) is 39.9 Å². The van der Waals surface area contributed by atoms with Crippen molar-refractivity contribution >= 4 is 12.0 Å². The largest absolute Gasteiger partial charge is 0.369 e. The van der Waals surface area contributed by atoms with Gasteiger partial charge < -0.3 is 9.53 Å². The molecule has 0 radical (unpaired) electrons. The minimum Gasteiger partial charge on any atom is -0.369 e. The molecule has 0 aliphatic heterocycles. The summed E-state index contributed by atoms with van der Waals surface area (Å²) in [5, 5.41) is 10.4. The van der Waals surface area contributed by atoms with E-state index in [0.717, 1.165) is 0 Å². The molecular formula is C9H9NO4. The highest BCUT2D eigenvalue weighted by atomic mass is 16.6. The maximum Gasteiger partial charge on any atom is 0.269 e.